The number of likely N-dealkylation sites (tertiary alicyclic amines) is 1. The lowest BCUT2D eigenvalue weighted by Crippen LogP contribution is -2.38. The Kier molecular flexibility index (Phi) is 5.61. The summed E-state index contributed by atoms with van der Waals surface area (Å²) >= 11 is 0. The first-order valence-electron chi connectivity index (χ1n) is 7.58. The monoisotopic (exact) mass is 311 g/mol. The molecular formula is C15H25N3O2S. The van der Waals surface area contributed by atoms with Crippen LogP contribution in [0.3, 0.4) is 0 Å². The number of primary sulfonamides is 1. The number of benzene rings is 1. The van der Waals surface area contributed by atoms with Gasteiger partial charge in [-0.2, -0.15) is 0 Å². The predicted octanol–water partition coefficient (Wildman–Crippen LogP) is 2.01. The molecule has 0 saturated carbocycles. The molecule has 1 heterocycles. The van der Waals surface area contributed by atoms with Crippen molar-refractivity contribution in [3.63, 3.8) is 0 Å². The maximum absolute atomic E-state index is 11.5. The fourth-order valence-corrected chi connectivity index (χ4v) is 3.57. The molecule has 0 spiro atoms. The summed E-state index contributed by atoms with van der Waals surface area (Å²) in [5, 5.41) is 8.41. The van der Waals surface area contributed by atoms with E-state index < -0.39 is 10.0 Å². The molecule has 1 aliphatic rings. The van der Waals surface area contributed by atoms with Gasteiger partial charge in [0.2, 0.25) is 10.0 Å². The summed E-state index contributed by atoms with van der Waals surface area (Å²) < 4.78 is 23.0. The van der Waals surface area contributed by atoms with E-state index in [0.29, 0.717) is 11.7 Å². The largest absolute Gasteiger partial charge is 0.384 e. The van der Waals surface area contributed by atoms with Crippen molar-refractivity contribution in [2.75, 3.05) is 25.0 Å². The number of sulfonamides is 1. The van der Waals surface area contributed by atoms with Gasteiger partial charge in [0, 0.05) is 19.1 Å². The number of nitrogens with zero attached hydrogens (tertiary/aromatic N) is 1. The Morgan fingerprint density at radius 2 is 2.10 bits per heavy atom. The third-order valence-electron chi connectivity index (χ3n) is 4.07. The lowest BCUT2D eigenvalue weighted by Gasteiger charge is -2.33. The van der Waals surface area contributed by atoms with Gasteiger partial charge in [0.15, 0.2) is 0 Å². The molecule has 1 atom stereocenters. The van der Waals surface area contributed by atoms with Crippen LogP contribution in [-0.2, 0) is 10.0 Å². The molecule has 2 rings (SSSR count). The van der Waals surface area contributed by atoms with Crippen molar-refractivity contribution in [1.82, 2.24) is 4.90 Å². The van der Waals surface area contributed by atoms with E-state index in [-0.39, 0.29) is 4.90 Å². The van der Waals surface area contributed by atoms with Crippen LogP contribution in [0, 0.1) is 0 Å². The van der Waals surface area contributed by atoms with E-state index in [1.807, 2.05) is 6.07 Å². The van der Waals surface area contributed by atoms with Gasteiger partial charge in [-0.15, -0.1) is 0 Å². The molecular weight excluding hydrogens is 286 g/mol. The summed E-state index contributed by atoms with van der Waals surface area (Å²) in [4.78, 5) is 2.67. The molecule has 1 aromatic rings. The molecule has 1 aromatic carbocycles. The standard InChI is InChI=1S/C15H25N3O2S/c1-13-7-4-5-11-18(13)12-6-10-17-14-8-2-3-9-15(14)21(16,19)20/h2-3,8-9,13,17H,4-7,10-12H2,1H3,(H2,16,19,20). The van der Waals surface area contributed by atoms with Crippen LogP contribution in [0.15, 0.2) is 29.2 Å². The van der Waals surface area contributed by atoms with Crippen molar-refractivity contribution >= 4 is 15.7 Å². The molecule has 1 saturated heterocycles. The Morgan fingerprint density at radius 3 is 2.81 bits per heavy atom. The van der Waals surface area contributed by atoms with Gasteiger partial charge in [0.25, 0.3) is 0 Å². The van der Waals surface area contributed by atoms with E-state index in [1.54, 1.807) is 12.1 Å². The molecule has 1 aliphatic heterocycles. The topological polar surface area (TPSA) is 75.4 Å². The predicted molar refractivity (Wildman–Crippen MR) is 85.8 cm³/mol. The minimum Gasteiger partial charge on any atom is -0.384 e. The van der Waals surface area contributed by atoms with Crippen molar-refractivity contribution in [3.05, 3.63) is 24.3 Å². The van der Waals surface area contributed by atoms with Crippen LogP contribution in [0.1, 0.15) is 32.6 Å². The molecule has 1 unspecified atom stereocenters. The fourth-order valence-electron chi connectivity index (χ4n) is 2.86. The van der Waals surface area contributed by atoms with Gasteiger partial charge >= 0.3 is 0 Å². The van der Waals surface area contributed by atoms with E-state index in [2.05, 4.69) is 17.1 Å². The first kappa shape index (κ1) is 16.3. The highest BCUT2D eigenvalue weighted by atomic mass is 32.2. The summed E-state index contributed by atoms with van der Waals surface area (Å²) in [7, 11) is -3.67. The minimum atomic E-state index is -3.67. The molecule has 6 heteroatoms. The van der Waals surface area contributed by atoms with Gasteiger partial charge < -0.3 is 10.2 Å². The highest BCUT2D eigenvalue weighted by Crippen LogP contribution is 2.19. The highest BCUT2D eigenvalue weighted by molar-refractivity contribution is 7.89. The SMILES string of the molecule is CC1CCCCN1CCCNc1ccccc1S(N)(=O)=O. The van der Waals surface area contributed by atoms with Gasteiger partial charge in [0.05, 0.1) is 5.69 Å². The van der Waals surface area contributed by atoms with E-state index in [0.717, 1.165) is 19.5 Å². The number of rotatable bonds is 6. The number of piperidine rings is 1. The Balaban J connectivity index is 1.84. The van der Waals surface area contributed by atoms with Gasteiger partial charge in [0.1, 0.15) is 4.90 Å². The smallest absolute Gasteiger partial charge is 0.240 e. The summed E-state index contributed by atoms with van der Waals surface area (Å²) in [5.41, 5.74) is 0.590. The number of anilines is 1. The van der Waals surface area contributed by atoms with Crippen molar-refractivity contribution in [2.45, 2.75) is 43.5 Å². The molecule has 5 nitrogen and oxygen atoms in total. The van der Waals surface area contributed by atoms with Crippen LogP contribution in [0.5, 0.6) is 0 Å². The van der Waals surface area contributed by atoms with Gasteiger partial charge in [-0.05, 0) is 44.9 Å². The van der Waals surface area contributed by atoms with Gasteiger partial charge in [-0.3, -0.25) is 0 Å². The molecule has 0 aromatic heterocycles. The van der Waals surface area contributed by atoms with E-state index >= 15 is 0 Å². The van der Waals surface area contributed by atoms with Crippen LogP contribution in [0.2, 0.25) is 0 Å². The molecule has 3 N–H and O–H groups in total. The van der Waals surface area contributed by atoms with Crippen LogP contribution in [0.25, 0.3) is 0 Å². The van der Waals surface area contributed by atoms with Crippen molar-refractivity contribution < 1.29 is 8.42 Å². The fraction of sp³-hybridized carbons (Fsp3) is 0.600. The lowest BCUT2D eigenvalue weighted by atomic mass is 10.0. The van der Waals surface area contributed by atoms with E-state index in [4.69, 9.17) is 5.14 Å². The zero-order valence-corrected chi connectivity index (χ0v) is 13.4. The zero-order valence-electron chi connectivity index (χ0n) is 12.6. The summed E-state index contributed by atoms with van der Waals surface area (Å²) in [6, 6.07) is 7.44. The maximum Gasteiger partial charge on any atom is 0.240 e. The van der Waals surface area contributed by atoms with Crippen LogP contribution in [-0.4, -0.2) is 39.0 Å². The Morgan fingerprint density at radius 1 is 1.33 bits per heavy atom. The summed E-state index contributed by atoms with van der Waals surface area (Å²) in [6.45, 7) is 5.25. The normalized spacial score (nSPS) is 20.4. The van der Waals surface area contributed by atoms with Crippen molar-refractivity contribution in [2.24, 2.45) is 5.14 Å². The third-order valence-corrected chi connectivity index (χ3v) is 5.04. The quantitative estimate of drug-likeness (QED) is 0.788. The lowest BCUT2D eigenvalue weighted by molar-refractivity contribution is 0.160. The zero-order chi connectivity index (χ0) is 15.3. The average molecular weight is 311 g/mol. The van der Waals surface area contributed by atoms with Gasteiger partial charge in [-0.25, -0.2) is 13.6 Å². The van der Waals surface area contributed by atoms with E-state index in [9.17, 15) is 8.42 Å². The van der Waals surface area contributed by atoms with Gasteiger partial charge in [-0.1, -0.05) is 18.6 Å². The first-order chi connectivity index (χ1) is 9.98. The number of nitrogens with one attached hydrogen (secondary N) is 1. The first-order valence-corrected chi connectivity index (χ1v) is 9.13. The molecule has 1 fully saturated rings. The van der Waals surface area contributed by atoms with Crippen LogP contribution < -0.4 is 10.5 Å². The van der Waals surface area contributed by atoms with E-state index in [1.165, 1.54) is 31.9 Å². The third kappa shape index (κ3) is 4.69. The summed E-state index contributed by atoms with van der Waals surface area (Å²) in [6.07, 6.45) is 4.88. The Hall–Kier alpha value is -1.11. The van der Waals surface area contributed by atoms with Crippen LogP contribution >= 0.6 is 0 Å². The van der Waals surface area contributed by atoms with Crippen molar-refractivity contribution in [3.8, 4) is 0 Å². The molecule has 0 amide bonds. The molecule has 0 bridgehead atoms. The number of para-hydroxylation sites is 1. The molecule has 21 heavy (non-hydrogen) atoms. The van der Waals surface area contributed by atoms with Crippen LogP contribution in [0.4, 0.5) is 5.69 Å². The Labute approximate surface area is 127 Å². The molecule has 0 radical (unpaired) electrons. The molecule has 118 valence electrons. The Bertz CT molecular complexity index is 560. The highest BCUT2D eigenvalue weighted by Gasteiger charge is 2.17. The number of hydrogen-bond acceptors (Lipinski definition) is 4. The van der Waals surface area contributed by atoms with Crippen molar-refractivity contribution in [1.29, 1.82) is 0 Å². The second-order valence-corrected chi connectivity index (χ2v) is 7.23. The number of nitrogens with two attached hydrogens (primary N) is 1. The average Bonchev–Trinajstić information content (AvgIpc) is 2.45. The second kappa shape index (κ2) is 7.24. The minimum absolute atomic E-state index is 0.163. The second-order valence-electron chi connectivity index (χ2n) is 5.70. The summed E-state index contributed by atoms with van der Waals surface area (Å²) in [5.74, 6) is 0. The molecule has 0 aliphatic carbocycles. The maximum atomic E-state index is 11.5. The number of hydrogen-bond donors (Lipinski definition) is 2.